The molecule has 124 valence electrons. The summed E-state index contributed by atoms with van der Waals surface area (Å²) in [6, 6.07) is 15.3. The van der Waals surface area contributed by atoms with Gasteiger partial charge in [0.2, 0.25) is 10.0 Å². The summed E-state index contributed by atoms with van der Waals surface area (Å²) in [7, 11) is -3.38. The van der Waals surface area contributed by atoms with Gasteiger partial charge >= 0.3 is 0 Å². The summed E-state index contributed by atoms with van der Waals surface area (Å²) in [5, 5.41) is 0.908. The van der Waals surface area contributed by atoms with Crippen molar-refractivity contribution in [3.8, 4) is 11.3 Å². The Labute approximate surface area is 149 Å². The van der Waals surface area contributed by atoms with E-state index in [9.17, 15) is 8.42 Å². The van der Waals surface area contributed by atoms with E-state index in [0.29, 0.717) is 18.0 Å². The first-order chi connectivity index (χ1) is 11.5. The topological polar surface area (TPSA) is 53.2 Å². The maximum atomic E-state index is 12.7. The summed E-state index contributed by atoms with van der Waals surface area (Å²) >= 11 is 3.48. The molecule has 1 N–H and O–H groups in total. The van der Waals surface area contributed by atoms with Crippen molar-refractivity contribution in [2.24, 2.45) is 0 Å². The standard InChI is InChI=1S/C18H17BrN2O2S/c19-15-5-3-4-13(10-15)18-12-14-11-16(6-7-17(14)20-18)24(22,23)21-8-1-2-9-21/h3-7,10-12,20H,1-2,8-9H2. The monoisotopic (exact) mass is 404 g/mol. The van der Waals surface area contributed by atoms with Gasteiger partial charge in [-0.1, -0.05) is 28.1 Å². The second-order valence-corrected chi connectivity index (χ2v) is 8.91. The average molecular weight is 405 g/mol. The molecule has 0 amide bonds. The number of hydrogen-bond acceptors (Lipinski definition) is 2. The number of fused-ring (bicyclic) bond motifs is 1. The van der Waals surface area contributed by atoms with Crippen LogP contribution in [0.25, 0.3) is 22.2 Å². The third-order valence-corrected chi connectivity index (χ3v) is 6.82. The highest BCUT2D eigenvalue weighted by atomic mass is 79.9. The van der Waals surface area contributed by atoms with Crippen LogP contribution in [0.1, 0.15) is 12.8 Å². The van der Waals surface area contributed by atoms with Gasteiger partial charge in [-0.25, -0.2) is 8.42 Å². The minimum atomic E-state index is -3.38. The molecule has 0 radical (unpaired) electrons. The molecule has 0 unspecified atom stereocenters. The van der Waals surface area contributed by atoms with Gasteiger partial charge in [-0.3, -0.25) is 0 Å². The Kier molecular flexibility index (Phi) is 3.98. The Morgan fingerprint density at radius 1 is 1.00 bits per heavy atom. The lowest BCUT2D eigenvalue weighted by Gasteiger charge is -2.15. The SMILES string of the molecule is O=S(=O)(c1ccc2[nH]c(-c3cccc(Br)c3)cc2c1)N1CCCC1. The van der Waals surface area contributed by atoms with Crippen molar-refractivity contribution < 1.29 is 8.42 Å². The molecule has 0 spiro atoms. The molecule has 1 aliphatic rings. The molecule has 0 bridgehead atoms. The maximum absolute atomic E-state index is 12.7. The van der Waals surface area contributed by atoms with E-state index in [4.69, 9.17) is 0 Å². The summed E-state index contributed by atoms with van der Waals surface area (Å²) in [5.74, 6) is 0. The summed E-state index contributed by atoms with van der Waals surface area (Å²) in [5.41, 5.74) is 2.97. The van der Waals surface area contributed by atoms with E-state index in [0.717, 1.165) is 39.5 Å². The van der Waals surface area contributed by atoms with Crippen molar-refractivity contribution in [1.82, 2.24) is 9.29 Å². The highest BCUT2D eigenvalue weighted by molar-refractivity contribution is 9.10. The predicted octanol–water partition coefficient (Wildman–Crippen LogP) is 4.38. The third-order valence-electron chi connectivity index (χ3n) is 4.43. The van der Waals surface area contributed by atoms with Crippen LogP contribution in [0, 0.1) is 0 Å². The number of benzene rings is 2. The largest absolute Gasteiger partial charge is 0.355 e. The quantitative estimate of drug-likeness (QED) is 0.703. The number of halogens is 1. The molecule has 2 heterocycles. The van der Waals surface area contributed by atoms with E-state index in [1.54, 1.807) is 16.4 Å². The minimum Gasteiger partial charge on any atom is -0.355 e. The van der Waals surface area contributed by atoms with Gasteiger partial charge in [0.25, 0.3) is 0 Å². The fourth-order valence-corrected chi connectivity index (χ4v) is 5.11. The minimum absolute atomic E-state index is 0.372. The first kappa shape index (κ1) is 15.9. The summed E-state index contributed by atoms with van der Waals surface area (Å²) in [6.45, 7) is 1.24. The van der Waals surface area contributed by atoms with Gasteiger partial charge < -0.3 is 4.98 Å². The van der Waals surface area contributed by atoms with Gasteiger partial charge in [0.05, 0.1) is 4.90 Å². The molecule has 24 heavy (non-hydrogen) atoms. The molecule has 6 heteroatoms. The van der Waals surface area contributed by atoms with Crippen LogP contribution in [0.5, 0.6) is 0 Å². The molecule has 0 atom stereocenters. The average Bonchev–Trinajstić information content (AvgIpc) is 3.24. The van der Waals surface area contributed by atoms with Crippen LogP contribution in [0.3, 0.4) is 0 Å². The molecular weight excluding hydrogens is 388 g/mol. The molecule has 0 aliphatic carbocycles. The lowest BCUT2D eigenvalue weighted by molar-refractivity contribution is 0.477. The second-order valence-electron chi connectivity index (χ2n) is 6.05. The van der Waals surface area contributed by atoms with Gasteiger partial charge in [-0.05, 0) is 54.8 Å². The van der Waals surface area contributed by atoms with Crippen molar-refractivity contribution in [2.75, 3.05) is 13.1 Å². The number of hydrogen-bond donors (Lipinski definition) is 1. The van der Waals surface area contributed by atoms with Crippen LogP contribution < -0.4 is 0 Å². The number of sulfonamides is 1. The van der Waals surface area contributed by atoms with E-state index in [-0.39, 0.29) is 0 Å². The van der Waals surface area contributed by atoms with Crippen molar-refractivity contribution in [3.63, 3.8) is 0 Å². The molecule has 4 nitrogen and oxygen atoms in total. The van der Waals surface area contributed by atoms with E-state index >= 15 is 0 Å². The van der Waals surface area contributed by atoms with Crippen LogP contribution in [0.4, 0.5) is 0 Å². The van der Waals surface area contributed by atoms with Crippen LogP contribution in [-0.4, -0.2) is 30.8 Å². The second kappa shape index (κ2) is 6.02. The van der Waals surface area contributed by atoms with Crippen LogP contribution in [0.15, 0.2) is 57.9 Å². The van der Waals surface area contributed by atoms with Gasteiger partial charge in [0.1, 0.15) is 0 Å². The van der Waals surface area contributed by atoms with Gasteiger partial charge in [0, 0.05) is 34.2 Å². The van der Waals surface area contributed by atoms with Gasteiger partial charge in [-0.2, -0.15) is 4.31 Å². The Bertz CT molecular complexity index is 1000. The molecular formula is C18H17BrN2O2S. The first-order valence-electron chi connectivity index (χ1n) is 7.93. The smallest absolute Gasteiger partial charge is 0.243 e. The number of aromatic nitrogens is 1. The molecule has 1 saturated heterocycles. The predicted molar refractivity (Wildman–Crippen MR) is 99.4 cm³/mol. The Morgan fingerprint density at radius 2 is 1.79 bits per heavy atom. The zero-order valence-electron chi connectivity index (χ0n) is 13.0. The van der Waals surface area contributed by atoms with Gasteiger partial charge in [-0.15, -0.1) is 0 Å². The summed E-state index contributed by atoms with van der Waals surface area (Å²) in [4.78, 5) is 3.73. The fraction of sp³-hybridized carbons (Fsp3) is 0.222. The number of aromatic amines is 1. The summed E-state index contributed by atoms with van der Waals surface area (Å²) in [6.07, 6.45) is 1.89. The number of nitrogens with zero attached hydrogens (tertiary/aromatic N) is 1. The lowest BCUT2D eigenvalue weighted by Crippen LogP contribution is -2.27. The zero-order chi connectivity index (χ0) is 16.7. The van der Waals surface area contributed by atoms with Crippen LogP contribution in [-0.2, 0) is 10.0 Å². The van der Waals surface area contributed by atoms with E-state index < -0.39 is 10.0 Å². The van der Waals surface area contributed by atoms with Crippen LogP contribution in [0.2, 0.25) is 0 Å². The fourth-order valence-electron chi connectivity index (χ4n) is 3.16. The zero-order valence-corrected chi connectivity index (χ0v) is 15.4. The van der Waals surface area contributed by atoms with Crippen LogP contribution >= 0.6 is 15.9 Å². The maximum Gasteiger partial charge on any atom is 0.243 e. The van der Waals surface area contributed by atoms with Crippen molar-refractivity contribution in [2.45, 2.75) is 17.7 Å². The Balaban J connectivity index is 1.76. The molecule has 2 aromatic carbocycles. The Hall–Kier alpha value is -1.63. The molecule has 3 aromatic rings. The molecule has 1 aliphatic heterocycles. The van der Waals surface area contributed by atoms with Crippen molar-refractivity contribution in [3.05, 3.63) is 53.0 Å². The van der Waals surface area contributed by atoms with E-state index in [2.05, 4.69) is 20.9 Å². The molecule has 0 saturated carbocycles. The number of rotatable bonds is 3. The molecule has 1 fully saturated rings. The van der Waals surface area contributed by atoms with E-state index in [1.807, 2.05) is 36.4 Å². The normalized spacial score (nSPS) is 16.0. The first-order valence-corrected chi connectivity index (χ1v) is 10.2. The number of nitrogens with one attached hydrogen (secondary N) is 1. The van der Waals surface area contributed by atoms with Crippen molar-refractivity contribution in [1.29, 1.82) is 0 Å². The highest BCUT2D eigenvalue weighted by Crippen LogP contribution is 2.29. The van der Waals surface area contributed by atoms with E-state index in [1.165, 1.54) is 0 Å². The van der Waals surface area contributed by atoms with Gasteiger partial charge in [0.15, 0.2) is 0 Å². The molecule has 4 rings (SSSR count). The number of H-pyrrole nitrogens is 1. The lowest BCUT2D eigenvalue weighted by atomic mass is 10.1. The Morgan fingerprint density at radius 3 is 2.54 bits per heavy atom. The third kappa shape index (κ3) is 2.79. The molecule has 1 aromatic heterocycles. The highest BCUT2D eigenvalue weighted by Gasteiger charge is 2.27. The summed E-state index contributed by atoms with van der Waals surface area (Å²) < 4.78 is 28.0. The van der Waals surface area contributed by atoms with Crippen molar-refractivity contribution >= 4 is 36.9 Å².